The number of β-lactam (4-membered cyclic amide) rings is 1. The lowest BCUT2D eigenvalue weighted by molar-refractivity contribution is -0.162. The van der Waals surface area contributed by atoms with Gasteiger partial charge >= 0.3 is 11.9 Å². The van der Waals surface area contributed by atoms with Crippen molar-refractivity contribution in [1.29, 1.82) is 0 Å². The molecule has 2 fully saturated rings. The molecular weight excluding hydrogens is 326 g/mol. The van der Waals surface area contributed by atoms with Gasteiger partial charge in [-0.05, 0) is 25.0 Å². The molecule has 0 spiro atoms. The molecule has 2 aliphatic heterocycles. The van der Waals surface area contributed by atoms with Crippen LogP contribution in [0.4, 0.5) is 0 Å². The minimum Gasteiger partial charge on any atom is -0.480 e. The number of carboxylic acids is 2. The normalized spacial score (nSPS) is 27.6. The SMILES string of the molecule is N[C@H](CCCC(=O)N[C@@H]1C(=O)N2[C@@H](C(=O)O)CCS[C@H]12)C(=O)O. The van der Waals surface area contributed by atoms with Crippen molar-refractivity contribution in [2.24, 2.45) is 5.73 Å². The van der Waals surface area contributed by atoms with Gasteiger partial charge in [-0.15, -0.1) is 11.8 Å². The van der Waals surface area contributed by atoms with Gasteiger partial charge in [-0.1, -0.05) is 0 Å². The molecule has 2 aliphatic rings. The molecular formula is C13H19N3O6S. The highest BCUT2D eigenvalue weighted by Crippen LogP contribution is 2.38. The molecule has 0 aliphatic carbocycles. The third kappa shape index (κ3) is 3.75. The number of fused-ring (bicyclic) bond motifs is 1. The Balaban J connectivity index is 1.80. The average molecular weight is 345 g/mol. The van der Waals surface area contributed by atoms with Gasteiger partial charge in [-0.2, -0.15) is 0 Å². The van der Waals surface area contributed by atoms with E-state index in [0.717, 1.165) is 0 Å². The number of hydrogen-bond donors (Lipinski definition) is 4. The zero-order chi connectivity index (χ0) is 17.1. The summed E-state index contributed by atoms with van der Waals surface area (Å²) in [7, 11) is 0. The van der Waals surface area contributed by atoms with Crippen LogP contribution in [0.3, 0.4) is 0 Å². The highest BCUT2D eigenvalue weighted by molar-refractivity contribution is 8.00. The molecule has 2 amide bonds. The zero-order valence-corrected chi connectivity index (χ0v) is 13.1. The number of carboxylic acid groups (broad SMARTS) is 2. The van der Waals surface area contributed by atoms with E-state index in [2.05, 4.69) is 5.32 Å². The Hall–Kier alpha value is -1.81. The van der Waals surface area contributed by atoms with Gasteiger partial charge in [0.25, 0.3) is 0 Å². The second kappa shape index (κ2) is 7.18. The second-order valence-corrected chi connectivity index (χ2v) is 6.76. The summed E-state index contributed by atoms with van der Waals surface area (Å²) >= 11 is 1.45. The van der Waals surface area contributed by atoms with E-state index < -0.39 is 30.1 Å². The van der Waals surface area contributed by atoms with Gasteiger partial charge in [-0.25, -0.2) is 4.79 Å². The molecule has 10 heteroatoms. The third-order valence-corrected chi connectivity index (χ3v) is 5.25. The maximum Gasteiger partial charge on any atom is 0.326 e. The molecule has 5 N–H and O–H groups in total. The van der Waals surface area contributed by atoms with E-state index in [1.165, 1.54) is 16.7 Å². The Morgan fingerprint density at radius 1 is 1.39 bits per heavy atom. The second-order valence-electron chi connectivity index (χ2n) is 5.53. The van der Waals surface area contributed by atoms with Crippen molar-refractivity contribution in [2.45, 2.75) is 49.2 Å². The lowest BCUT2D eigenvalue weighted by Gasteiger charge is -2.51. The van der Waals surface area contributed by atoms with E-state index in [9.17, 15) is 19.2 Å². The van der Waals surface area contributed by atoms with Crippen LogP contribution in [-0.4, -0.2) is 68.1 Å². The molecule has 0 aromatic rings. The number of nitrogens with two attached hydrogens (primary N) is 1. The summed E-state index contributed by atoms with van der Waals surface area (Å²) in [4.78, 5) is 46.9. The van der Waals surface area contributed by atoms with E-state index in [0.29, 0.717) is 18.6 Å². The number of nitrogens with one attached hydrogen (secondary N) is 1. The standard InChI is InChI=1S/C13H19N3O6S/c14-6(12(19)20)2-1-3-8(17)15-9-10(18)16-7(13(21)22)4-5-23-11(9)16/h6-7,9,11H,1-5,14H2,(H,15,17)(H,19,20)(H,21,22)/t6-,7-,9-,11-/m1/s1. The number of rotatable bonds is 7. The van der Waals surface area contributed by atoms with Crippen molar-refractivity contribution in [3.8, 4) is 0 Å². The molecule has 0 radical (unpaired) electrons. The Bertz CT molecular complexity index is 528. The van der Waals surface area contributed by atoms with Crippen molar-refractivity contribution >= 4 is 35.5 Å². The molecule has 2 rings (SSSR count). The Labute approximate surface area is 136 Å². The first-order chi connectivity index (χ1) is 10.8. The van der Waals surface area contributed by atoms with Gasteiger partial charge in [0.15, 0.2) is 0 Å². The number of nitrogens with zero attached hydrogens (tertiary/aromatic N) is 1. The quantitative estimate of drug-likeness (QED) is 0.421. The van der Waals surface area contributed by atoms with E-state index in [4.69, 9.17) is 15.9 Å². The van der Waals surface area contributed by atoms with Crippen LogP contribution < -0.4 is 11.1 Å². The van der Waals surface area contributed by atoms with Crippen LogP contribution in [0.5, 0.6) is 0 Å². The Morgan fingerprint density at radius 3 is 2.70 bits per heavy atom. The van der Waals surface area contributed by atoms with Gasteiger partial charge in [0, 0.05) is 6.42 Å². The Morgan fingerprint density at radius 2 is 2.09 bits per heavy atom. The number of hydrogen-bond acceptors (Lipinski definition) is 6. The van der Waals surface area contributed by atoms with E-state index in [1.807, 2.05) is 0 Å². The van der Waals surface area contributed by atoms with Crippen LogP contribution in [0.2, 0.25) is 0 Å². The van der Waals surface area contributed by atoms with Crippen LogP contribution >= 0.6 is 11.8 Å². The summed E-state index contributed by atoms with van der Waals surface area (Å²) in [5.74, 6) is -2.28. The molecule has 0 unspecified atom stereocenters. The molecule has 128 valence electrons. The Kier molecular flexibility index (Phi) is 5.47. The molecule has 2 heterocycles. The molecule has 4 atom stereocenters. The fourth-order valence-corrected chi connectivity index (χ4v) is 4.05. The highest BCUT2D eigenvalue weighted by atomic mass is 32.2. The maximum absolute atomic E-state index is 12.1. The molecule has 0 aromatic carbocycles. The predicted octanol–water partition coefficient (Wildman–Crippen LogP) is -1.19. The van der Waals surface area contributed by atoms with Crippen molar-refractivity contribution in [3.63, 3.8) is 0 Å². The monoisotopic (exact) mass is 345 g/mol. The fourth-order valence-electron chi connectivity index (χ4n) is 2.66. The molecule has 9 nitrogen and oxygen atoms in total. The number of carbonyl (C=O) groups excluding carboxylic acids is 2. The lowest BCUT2D eigenvalue weighted by Crippen LogP contribution is -2.74. The van der Waals surface area contributed by atoms with Crippen LogP contribution in [0.1, 0.15) is 25.7 Å². The van der Waals surface area contributed by atoms with E-state index >= 15 is 0 Å². The molecule has 23 heavy (non-hydrogen) atoms. The van der Waals surface area contributed by atoms with Gasteiger partial charge in [0.05, 0.1) is 0 Å². The first-order valence-electron chi connectivity index (χ1n) is 7.27. The topological polar surface area (TPSA) is 150 Å². The molecule has 0 bridgehead atoms. The summed E-state index contributed by atoms with van der Waals surface area (Å²) < 4.78 is 0. The van der Waals surface area contributed by atoms with Gasteiger partial charge in [0.2, 0.25) is 11.8 Å². The van der Waals surface area contributed by atoms with Crippen molar-refractivity contribution < 1.29 is 29.4 Å². The number of aliphatic carboxylic acids is 2. The third-order valence-electron chi connectivity index (χ3n) is 3.93. The van der Waals surface area contributed by atoms with Gasteiger partial charge < -0.3 is 26.2 Å². The zero-order valence-electron chi connectivity index (χ0n) is 12.3. The average Bonchev–Trinajstić information content (AvgIpc) is 2.51. The minimum atomic E-state index is -1.12. The summed E-state index contributed by atoms with van der Waals surface area (Å²) in [6.07, 6.45) is 0.951. The summed E-state index contributed by atoms with van der Waals surface area (Å²) in [6.45, 7) is 0. The predicted molar refractivity (Wildman–Crippen MR) is 80.5 cm³/mol. The number of carbonyl (C=O) groups is 4. The number of thioether (sulfide) groups is 1. The highest BCUT2D eigenvalue weighted by Gasteiger charge is 2.54. The fraction of sp³-hybridized carbons (Fsp3) is 0.692. The molecule has 0 saturated carbocycles. The summed E-state index contributed by atoms with van der Waals surface area (Å²) in [5.41, 5.74) is 5.34. The molecule has 2 saturated heterocycles. The van der Waals surface area contributed by atoms with Crippen molar-refractivity contribution in [2.75, 3.05) is 5.75 Å². The largest absolute Gasteiger partial charge is 0.480 e. The smallest absolute Gasteiger partial charge is 0.326 e. The van der Waals surface area contributed by atoms with Gasteiger partial charge in [-0.3, -0.25) is 14.4 Å². The van der Waals surface area contributed by atoms with Crippen molar-refractivity contribution in [3.05, 3.63) is 0 Å². The van der Waals surface area contributed by atoms with E-state index in [-0.39, 0.29) is 30.0 Å². The van der Waals surface area contributed by atoms with Crippen LogP contribution in [0.25, 0.3) is 0 Å². The summed E-state index contributed by atoms with van der Waals surface area (Å²) in [5, 5.41) is 20.0. The van der Waals surface area contributed by atoms with Crippen LogP contribution in [0.15, 0.2) is 0 Å². The molecule has 0 aromatic heterocycles. The summed E-state index contributed by atoms with van der Waals surface area (Å²) in [6, 6.07) is -2.54. The lowest BCUT2D eigenvalue weighted by atomic mass is 10.0. The van der Waals surface area contributed by atoms with Gasteiger partial charge in [0.1, 0.15) is 23.5 Å². The maximum atomic E-state index is 12.1. The number of amides is 2. The van der Waals surface area contributed by atoms with Crippen molar-refractivity contribution in [1.82, 2.24) is 10.2 Å². The first-order valence-corrected chi connectivity index (χ1v) is 8.32. The van der Waals surface area contributed by atoms with Crippen LogP contribution in [-0.2, 0) is 19.2 Å². The van der Waals surface area contributed by atoms with Crippen LogP contribution in [0, 0.1) is 0 Å². The first kappa shape index (κ1) is 17.5. The van der Waals surface area contributed by atoms with E-state index in [1.54, 1.807) is 0 Å². The minimum absolute atomic E-state index is 0.0739.